The molecule has 4 nitrogen and oxygen atoms in total. The molecule has 0 bridgehead atoms. The van der Waals surface area contributed by atoms with Gasteiger partial charge in [0.1, 0.15) is 5.58 Å². The zero-order chi connectivity index (χ0) is 13.0. The summed E-state index contributed by atoms with van der Waals surface area (Å²) in [7, 11) is 1.89. The van der Waals surface area contributed by atoms with Crippen LogP contribution in [0.3, 0.4) is 0 Å². The van der Waals surface area contributed by atoms with E-state index in [0.29, 0.717) is 12.3 Å². The molecule has 0 aliphatic heterocycles. The molecule has 0 aliphatic carbocycles. The average molecular weight is 348 g/mol. The van der Waals surface area contributed by atoms with Crippen LogP contribution in [-0.4, -0.2) is 26.0 Å². The summed E-state index contributed by atoms with van der Waals surface area (Å²) in [6, 6.07) is 7.42. The second-order valence-electron chi connectivity index (χ2n) is 4.01. The Morgan fingerprint density at radius 1 is 1.32 bits per heavy atom. The van der Waals surface area contributed by atoms with E-state index in [9.17, 15) is 4.79 Å². The van der Waals surface area contributed by atoms with Gasteiger partial charge < -0.3 is 15.1 Å². The Labute approximate surface area is 126 Å². The molecule has 6 heteroatoms. The van der Waals surface area contributed by atoms with E-state index in [1.165, 1.54) is 0 Å². The quantitative estimate of drug-likeness (QED) is 0.818. The molecule has 0 fully saturated rings. The third-order valence-electron chi connectivity index (χ3n) is 2.59. The molecule has 0 spiro atoms. The second-order valence-corrected chi connectivity index (χ2v) is 4.92. The number of benzene rings is 1. The van der Waals surface area contributed by atoms with Gasteiger partial charge in [-0.05, 0) is 44.3 Å². The molecule has 19 heavy (non-hydrogen) atoms. The minimum atomic E-state index is -0.168. The topological polar surface area (TPSA) is 54.3 Å². The summed E-state index contributed by atoms with van der Waals surface area (Å²) in [5.74, 6) is 0.186. The third-order valence-corrected chi connectivity index (χ3v) is 3.08. The number of amides is 1. The average Bonchev–Trinajstić information content (AvgIpc) is 2.77. The predicted molar refractivity (Wildman–Crippen MR) is 82.0 cm³/mol. The normalized spacial score (nSPS) is 10.2. The lowest BCUT2D eigenvalue weighted by Gasteiger charge is -2.01. The minimum Gasteiger partial charge on any atom is -0.451 e. The van der Waals surface area contributed by atoms with Crippen molar-refractivity contribution in [2.24, 2.45) is 0 Å². The van der Waals surface area contributed by atoms with Gasteiger partial charge in [-0.1, -0.05) is 15.9 Å². The van der Waals surface area contributed by atoms with Crippen LogP contribution in [0.15, 0.2) is 33.2 Å². The lowest BCUT2D eigenvalue weighted by Crippen LogP contribution is -2.26. The molecular formula is C13H16BrClN2O2. The van der Waals surface area contributed by atoms with E-state index in [2.05, 4.69) is 26.6 Å². The predicted octanol–water partition coefficient (Wildman–Crippen LogP) is 2.96. The molecule has 1 aromatic carbocycles. The SMILES string of the molecule is CNCCCNC(=O)c1cc2cc(Br)ccc2o1.Cl. The zero-order valence-electron chi connectivity index (χ0n) is 10.5. The van der Waals surface area contributed by atoms with E-state index in [4.69, 9.17) is 4.42 Å². The molecule has 104 valence electrons. The third kappa shape index (κ3) is 4.23. The molecule has 2 N–H and O–H groups in total. The van der Waals surface area contributed by atoms with Gasteiger partial charge in [0, 0.05) is 16.4 Å². The van der Waals surface area contributed by atoms with Crippen LogP contribution < -0.4 is 10.6 Å². The molecule has 0 atom stereocenters. The van der Waals surface area contributed by atoms with Crippen molar-refractivity contribution in [1.29, 1.82) is 0 Å². The number of hydrogen-bond donors (Lipinski definition) is 2. The Kier molecular flexibility index (Phi) is 6.34. The summed E-state index contributed by atoms with van der Waals surface area (Å²) < 4.78 is 6.46. The Balaban J connectivity index is 0.00000180. The Bertz CT molecular complexity index is 557. The highest BCUT2D eigenvalue weighted by Crippen LogP contribution is 2.23. The van der Waals surface area contributed by atoms with E-state index >= 15 is 0 Å². The second kappa shape index (κ2) is 7.53. The van der Waals surface area contributed by atoms with Gasteiger partial charge in [-0.25, -0.2) is 0 Å². The smallest absolute Gasteiger partial charge is 0.287 e. The summed E-state index contributed by atoms with van der Waals surface area (Å²) in [5.41, 5.74) is 0.721. The van der Waals surface area contributed by atoms with Gasteiger partial charge in [-0.15, -0.1) is 12.4 Å². The van der Waals surface area contributed by atoms with Crippen molar-refractivity contribution >= 4 is 45.2 Å². The van der Waals surface area contributed by atoms with Crippen LogP contribution >= 0.6 is 28.3 Å². The first-order valence-electron chi connectivity index (χ1n) is 5.82. The van der Waals surface area contributed by atoms with Crippen molar-refractivity contribution in [2.75, 3.05) is 20.1 Å². The number of halogens is 2. The van der Waals surface area contributed by atoms with Gasteiger partial charge in [-0.3, -0.25) is 4.79 Å². The molecule has 1 amide bonds. The van der Waals surface area contributed by atoms with E-state index in [0.717, 1.165) is 28.4 Å². The summed E-state index contributed by atoms with van der Waals surface area (Å²) in [4.78, 5) is 11.8. The van der Waals surface area contributed by atoms with Crippen LogP contribution in [0.25, 0.3) is 11.0 Å². The van der Waals surface area contributed by atoms with Gasteiger partial charge in [0.15, 0.2) is 5.76 Å². The maximum Gasteiger partial charge on any atom is 0.287 e. The molecule has 0 saturated carbocycles. The summed E-state index contributed by atoms with van der Waals surface area (Å²) in [6.45, 7) is 1.52. The fourth-order valence-corrected chi connectivity index (χ4v) is 2.06. The molecule has 0 aliphatic rings. The molecule has 2 aromatic rings. The number of hydrogen-bond acceptors (Lipinski definition) is 3. The zero-order valence-corrected chi connectivity index (χ0v) is 12.9. The highest BCUT2D eigenvalue weighted by Gasteiger charge is 2.11. The minimum absolute atomic E-state index is 0. The lowest BCUT2D eigenvalue weighted by atomic mass is 10.2. The molecule has 0 unspecified atom stereocenters. The van der Waals surface area contributed by atoms with Crippen molar-refractivity contribution in [1.82, 2.24) is 10.6 Å². The number of carbonyl (C=O) groups excluding carboxylic acids is 1. The number of rotatable bonds is 5. The summed E-state index contributed by atoms with van der Waals surface area (Å²) >= 11 is 3.39. The van der Waals surface area contributed by atoms with Crippen molar-refractivity contribution in [3.8, 4) is 0 Å². The van der Waals surface area contributed by atoms with Crippen LogP contribution in [0, 0.1) is 0 Å². The molecule has 0 saturated heterocycles. The van der Waals surface area contributed by atoms with Gasteiger partial charge in [0.25, 0.3) is 5.91 Å². The molecule has 0 radical (unpaired) electrons. The largest absolute Gasteiger partial charge is 0.451 e. The Hall–Kier alpha value is -1.04. The van der Waals surface area contributed by atoms with Crippen LogP contribution in [0.1, 0.15) is 17.0 Å². The van der Waals surface area contributed by atoms with E-state index in [1.54, 1.807) is 6.07 Å². The van der Waals surface area contributed by atoms with Crippen LogP contribution in [0.4, 0.5) is 0 Å². The van der Waals surface area contributed by atoms with E-state index in [-0.39, 0.29) is 18.3 Å². The van der Waals surface area contributed by atoms with Gasteiger partial charge in [0.05, 0.1) is 0 Å². The Morgan fingerprint density at radius 3 is 2.84 bits per heavy atom. The highest BCUT2D eigenvalue weighted by molar-refractivity contribution is 9.10. The van der Waals surface area contributed by atoms with Crippen molar-refractivity contribution in [3.05, 3.63) is 34.5 Å². The number of nitrogens with one attached hydrogen (secondary N) is 2. The maximum absolute atomic E-state index is 11.8. The van der Waals surface area contributed by atoms with Crippen molar-refractivity contribution < 1.29 is 9.21 Å². The first kappa shape index (κ1) is 16.0. The van der Waals surface area contributed by atoms with Crippen molar-refractivity contribution in [3.63, 3.8) is 0 Å². The maximum atomic E-state index is 11.8. The van der Waals surface area contributed by atoms with Crippen LogP contribution in [0.5, 0.6) is 0 Å². The highest BCUT2D eigenvalue weighted by atomic mass is 79.9. The summed E-state index contributed by atoms with van der Waals surface area (Å²) in [6.07, 6.45) is 0.897. The lowest BCUT2D eigenvalue weighted by molar-refractivity contribution is 0.0928. The van der Waals surface area contributed by atoms with Crippen molar-refractivity contribution in [2.45, 2.75) is 6.42 Å². The fraction of sp³-hybridized carbons (Fsp3) is 0.308. The summed E-state index contributed by atoms with van der Waals surface area (Å²) in [5, 5.41) is 6.77. The molecular weight excluding hydrogens is 332 g/mol. The first-order valence-corrected chi connectivity index (χ1v) is 6.62. The van der Waals surface area contributed by atoms with Gasteiger partial charge >= 0.3 is 0 Å². The van der Waals surface area contributed by atoms with Crippen LogP contribution in [-0.2, 0) is 0 Å². The molecule has 2 rings (SSSR count). The number of furan rings is 1. The fourth-order valence-electron chi connectivity index (χ4n) is 1.68. The van der Waals surface area contributed by atoms with E-state index in [1.807, 2.05) is 25.2 Å². The molecule has 1 heterocycles. The first-order chi connectivity index (χ1) is 8.70. The monoisotopic (exact) mass is 346 g/mol. The number of fused-ring (bicyclic) bond motifs is 1. The van der Waals surface area contributed by atoms with Gasteiger partial charge in [-0.2, -0.15) is 0 Å². The van der Waals surface area contributed by atoms with Gasteiger partial charge in [0.2, 0.25) is 0 Å². The van der Waals surface area contributed by atoms with E-state index < -0.39 is 0 Å². The number of carbonyl (C=O) groups is 1. The standard InChI is InChI=1S/C13H15BrN2O2.ClH/c1-15-5-2-6-16-13(17)12-8-9-7-10(14)3-4-11(9)18-12;/h3-4,7-8,15H,2,5-6H2,1H3,(H,16,17);1H. The van der Waals surface area contributed by atoms with Crippen LogP contribution in [0.2, 0.25) is 0 Å². The Morgan fingerprint density at radius 2 is 2.11 bits per heavy atom. The molecule has 1 aromatic heterocycles.